The lowest BCUT2D eigenvalue weighted by molar-refractivity contribution is 0.415. The predicted molar refractivity (Wildman–Crippen MR) is 67.2 cm³/mol. The lowest BCUT2D eigenvalue weighted by atomic mass is 10.1. The van der Waals surface area contributed by atoms with Crippen LogP contribution in [0.4, 0.5) is 9.52 Å². The van der Waals surface area contributed by atoms with E-state index in [0.717, 1.165) is 0 Å². The Labute approximate surface area is 106 Å². The molecular formula is C11H9FN4OS. The Morgan fingerprint density at radius 2 is 2.28 bits per heavy atom. The Bertz CT molecular complexity index is 689. The quantitative estimate of drug-likeness (QED) is 0.770. The van der Waals surface area contributed by atoms with Crippen LogP contribution in [-0.2, 0) is 0 Å². The number of nitrogen functional groups attached to an aromatic ring is 1. The molecule has 0 atom stereocenters. The Kier molecular flexibility index (Phi) is 2.41. The molecular weight excluding hydrogens is 255 g/mol. The van der Waals surface area contributed by atoms with E-state index in [9.17, 15) is 4.39 Å². The molecule has 0 aliphatic heterocycles. The van der Waals surface area contributed by atoms with Gasteiger partial charge in [-0.3, -0.25) is 0 Å². The van der Waals surface area contributed by atoms with E-state index in [1.54, 1.807) is 16.8 Å². The maximum Gasteiger partial charge on any atom is 0.214 e. The Hall–Kier alpha value is -2.15. The molecule has 3 aromatic rings. The van der Waals surface area contributed by atoms with Crippen LogP contribution in [0.15, 0.2) is 24.4 Å². The van der Waals surface area contributed by atoms with Gasteiger partial charge in [0, 0.05) is 5.56 Å². The van der Waals surface area contributed by atoms with Crippen molar-refractivity contribution in [1.29, 1.82) is 0 Å². The summed E-state index contributed by atoms with van der Waals surface area (Å²) in [6.07, 6.45) is 1.69. The molecule has 0 amide bonds. The zero-order valence-electron chi connectivity index (χ0n) is 9.42. The van der Waals surface area contributed by atoms with E-state index in [0.29, 0.717) is 27.1 Å². The molecule has 0 aliphatic rings. The summed E-state index contributed by atoms with van der Waals surface area (Å²) < 4.78 is 20.1. The number of benzene rings is 1. The summed E-state index contributed by atoms with van der Waals surface area (Å²) in [7, 11) is 1.53. The first-order valence-corrected chi connectivity index (χ1v) is 5.94. The van der Waals surface area contributed by atoms with Crippen molar-refractivity contribution in [3.8, 4) is 17.0 Å². The average Bonchev–Trinajstić information content (AvgIpc) is 2.85. The summed E-state index contributed by atoms with van der Waals surface area (Å²) >= 11 is 1.27. The first kappa shape index (κ1) is 11.0. The number of rotatable bonds is 2. The molecule has 0 bridgehead atoms. The van der Waals surface area contributed by atoms with Gasteiger partial charge in [0.25, 0.3) is 0 Å². The van der Waals surface area contributed by atoms with Crippen molar-refractivity contribution in [2.45, 2.75) is 0 Å². The summed E-state index contributed by atoms with van der Waals surface area (Å²) in [5.41, 5.74) is 6.76. The van der Waals surface area contributed by atoms with Gasteiger partial charge in [-0.25, -0.2) is 13.9 Å². The van der Waals surface area contributed by atoms with Crippen molar-refractivity contribution in [2.75, 3.05) is 12.8 Å². The van der Waals surface area contributed by atoms with Crippen LogP contribution in [0.5, 0.6) is 5.75 Å². The van der Waals surface area contributed by atoms with Crippen molar-refractivity contribution in [2.24, 2.45) is 0 Å². The number of methoxy groups -OCH3 is 1. The number of ether oxygens (including phenoxy) is 1. The molecule has 0 radical (unpaired) electrons. The van der Waals surface area contributed by atoms with Gasteiger partial charge >= 0.3 is 0 Å². The first-order chi connectivity index (χ1) is 8.67. The Morgan fingerprint density at radius 1 is 1.44 bits per heavy atom. The number of imidazole rings is 1. The SMILES string of the molecule is COc1ccc(F)cc1-c1cn2nc(N)sc2n1. The van der Waals surface area contributed by atoms with Gasteiger partial charge in [0.15, 0.2) is 0 Å². The largest absolute Gasteiger partial charge is 0.496 e. The van der Waals surface area contributed by atoms with Crippen LogP contribution < -0.4 is 10.5 Å². The molecule has 0 unspecified atom stereocenters. The van der Waals surface area contributed by atoms with Crippen molar-refractivity contribution in [1.82, 2.24) is 14.6 Å². The Balaban J connectivity index is 2.18. The fourth-order valence-corrected chi connectivity index (χ4v) is 2.37. The molecule has 2 N–H and O–H groups in total. The zero-order valence-corrected chi connectivity index (χ0v) is 10.2. The van der Waals surface area contributed by atoms with Gasteiger partial charge < -0.3 is 10.5 Å². The van der Waals surface area contributed by atoms with Gasteiger partial charge in [0.2, 0.25) is 10.1 Å². The second-order valence-electron chi connectivity index (χ2n) is 3.64. The third-order valence-electron chi connectivity index (χ3n) is 2.50. The monoisotopic (exact) mass is 264 g/mol. The lowest BCUT2D eigenvalue weighted by Gasteiger charge is -2.05. The molecule has 5 nitrogen and oxygen atoms in total. The molecule has 18 heavy (non-hydrogen) atoms. The van der Waals surface area contributed by atoms with Crippen LogP contribution in [0.2, 0.25) is 0 Å². The van der Waals surface area contributed by atoms with Crippen molar-refractivity contribution in [3.63, 3.8) is 0 Å². The number of halogens is 1. The fourth-order valence-electron chi connectivity index (χ4n) is 1.73. The highest BCUT2D eigenvalue weighted by Crippen LogP contribution is 2.31. The van der Waals surface area contributed by atoms with Gasteiger partial charge in [0.05, 0.1) is 19.0 Å². The van der Waals surface area contributed by atoms with E-state index in [1.807, 2.05) is 0 Å². The van der Waals surface area contributed by atoms with E-state index < -0.39 is 0 Å². The van der Waals surface area contributed by atoms with Gasteiger partial charge in [-0.15, -0.1) is 5.10 Å². The molecule has 0 aliphatic carbocycles. The smallest absolute Gasteiger partial charge is 0.214 e. The van der Waals surface area contributed by atoms with Crippen molar-refractivity contribution in [3.05, 3.63) is 30.2 Å². The molecule has 0 fully saturated rings. The summed E-state index contributed by atoms with van der Waals surface area (Å²) in [4.78, 5) is 5.01. The second-order valence-corrected chi connectivity index (χ2v) is 4.63. The standard InChI is InChI=1S/C11H9FN4OS/c1-17-9-3-2-6(12)4-7(9)8-5-16-11(14-8)18-10(13)15-16/h2-5H,1H3,(H2,13,15). The van der Waals surface area contributed by atoms with E-state index >= 15 is 0 Å². The van der Waals surface area contributed by atoms with Crippen LogP contribution in [0.3, 0.4) is 0 Å². The number of hydrogen-bond donors (Lipinski definition) is 1. The lowest BCUT2D eigenvalue weighted by Crippen LogP contribution is -1.90. The van der Waals surface area contributed by atoms with Crippen LogP contribution in [-0.4, -0.2) is 21.7 Å². The molecule has 3 rings (SSSR count). The molecule has 92 valence electrons. The van der Waals surface area contributed by atoms with E-state index in [2.05, 4.69) is 10.1 Å². The summed E-state index contributed by atoms with van der Waals surface area (Å²) in [6, 6.07) is 4.30. The highest BCUT2D eigenvalue weighted by atomic mass is 32.1. The highest BCUT2D eigenvalue weighted by Gasteiger charge is 2.13. The van der Waals surface area contributed by atoms with Gasteiger partial charge in [-0.05, 0) is 18.2 Å². The minimum Gasteiger partial charge on any atom is -0.496 e. The first-order valence-electron chi connectivity index (χ1n) is 5.13. The zero-order chi connectivity index (χ0) is 12.7. The van der Waals surface area contributed by atoms with Crippen molar-refractivity contribution < 1.29 is 9.13 Å². The van der Waals surface area contributed by atoms with Gasteiger partial charge in [0.1, 0.15) is 11.6 Å². The van der Waals surface area contributed by atoms with Crippen LogP contribution >= 0.6 is 11.3 Å². The normalized spacial score (nSPS) is 11.0. The topological polar surface area (TPSA) is 65.4 Å². The number of aromatic nitrogens is 3. The van der Waals surface area contributed by atoms with Crippen LogP contribution in [0.25, 0.3) is 16.2 Å². The average molecular weight is 264 g/mol. The Morgan fingerprint density at radius 3 is 3.00 bits per heavy atom. The fraction of sp³-hybridized carbons (Fsp3) is 0.0909. The van der Waals surface area contributed by atoms with Crippen LogP contribution in [0, 0.1) is 5.82 Å². The molecule has 7 heteroatoms. The van der Waals surface area contributed by atoms with Crippen molar-refractivity contribution >= 4 is 21.4 Å². The van der Waals surface area contributed by atoms with Gasteiger partial charge in [-0.1, -0.05) is 11.3 Å². The molecule has 2 heterocycles. The van der Waals surface area contributed by atoms with E-state index in [-0.39, 0.29) is 5.82 Å². The number of fused-ring (bicyclic) bond motifs is 1. The van der Waals surface area contributed by atoms with Gasteiger partial charge in [-0.2, -0.15) is 0 Å². The highest BCUT2D eigenvalue weighted by molar-refractivity contribution is 7.20. The minimum atomic E-state index is -0.338. The summed E-state index contributed by atoms with van der Waals surface area (Å²) in [5, 5.41) is 4.49. The summed E-state index contributed by atoms with van der Waals surface area (Å²) in [5.74, 6) is 0.227. The second kappa shape index (κ2) is 3.95. The molecule has 0 saturated heterocycles. The maximum atomic E-state index is 13.3. The molecule has 0 spiro atoms. The molecule has 0 saturated carbocycles. The van der Waals surface area contributed by atoms with E-state index in [4.69, 9.17) is 10.5 Å². The minimum absolute atomic E-state index is 0.338. The number of anilines is 1. The summed E-state index contributed by atoms with van der Waals surface area (Å²) in [6.45, 7) is 0. The number of hydrogen-bond acceptors (Lipinski definition) is 5. The van der Waals surface area contributed by atoms with E-state index in [1.165, 1.54) is 30.6 Å². The van der Waals surface area contributed by atoms with Crippen LogP contribution in [0.1, 0.15) is 0 Å². The third kappa shape index (κ3) is 1.68. The number of nitrogens with two attached hydrogens (primary N) is 1. The molecule has 1 aromatic carbocycles. The predicted octanol–water partition coefficient (Wildman–Crippen LogP) is 2.19. The number of nitrogens with zero attached hydrogens (tertiary/aromatic N) is 3. The maximum absolute atomic E-state index is 13.3. The third-order valence-corrected chi connectivity index (χ3v) is 3.25. The molecule has 2 aromatic heterocycles.